The highest BCUT2D eigenvalue weighted by Gasteiger charge is 2.31. The topological polar surface area (TPSA) is 95.1 Å². The molecule has 3 amide bonds. The van der Waals surface area contributed by atoms with Crippen LogP contribution in [0.4, 0.5) is 25.7 Å². The third-order valence-corrected chi connectivity index (χ3v) is 7.37. The molecule has 2 aliphatic rings. The van der Waals surface area contributed by atoms with Crippen molar-refractivity contribution in [3.05, 3.63) is 70.0 Å². The van der Waals surface area contributed by atoms with Crippen molar-refractivity contribution in [2.75, 3.05) is 41.3 Å². The van der Waals surface area contributed by atoms with Crippen LogP contribution < -0.4 is 15.1 Å². The van der Waals surface area contributed by atoms with Crippen LogP contribution in [0.3, 0.4) is 0 Å². The minimum atomic E-state index is -0.580. The van der Waals surface area contributed by atoms with E-state index in [1.54, 1.807) is 21.2 Å². The summed E-state index contributed by atoms with van der Waals surface area (Å²) in [6.07, 6.45) is -0.371. The Balaban J connectivity index is 1.27. The first kappa shape index (κ1) is 26.6. The van der Waals surface area contributed by atoms with E-state index in [1.165, 1.54) is 23.5 Å². The number of carbonyl (C=O) groups is 3. The normalized spacial score (nSPS) is 15.4. The number of thiazole rings is 1. The van der Waals surface area contributed by atoms with Crippen molar-refractivity contribution in [3.8, 4) is 0 Å². The molecule has 3 aromatic rings. The Morgan fingerprint density at radius 1 is 1.08 bits per heavy atom. The van der Waals surface area contributed by atoms with E-state index in [4.69, 9.17) is 4.74 Å². The summed E-state index contributed by atoms with van der Waals surface area (Å²) in [7, 11) is 0. The molecule has 9 nitrogen and oxygen atoms in total. The van der Waals surface area contributed by atoms with Gasteiger partial charge in [-0.1, -0.05) is 17.7 Å². The highest BCUT2D eigenvalue weighted by atomic mass is 32.1. The number of aryl methyl sites for hydroxylation is 1. The zero-order valence-corrected chi connectivity index (χ0v) is 23.1. The number of halogens is 1. The fourth-order valence-electron chi connectivity index (χ4n) is 4.59. The molecule has 1 saturated heterocycles. The highest BCUT2D eigenvalue weighted by Crippen LogP contribution is 2.32. The van der Waals surface area contributed by atoms with E-state index < -0.39 is 17.3 Å². The molecule has 0 unspecified atom stereocenters. The smallest absolute Gasteiger partial charge is 0.410 e. The lowest BCUT2D eigenvalue weighted by atomic mass is 10.1. The summed E-state index contributed by atoms with van der Waals surface area (Å²) >= 11 is 1.21. The van der Waals surface area contributed by atoms with Gasteiger partial charge in [-0.2, -0.15) is 0 Å². The largest absolute Gasteiger partial charge is 0.444 e. The van der Waals surface area contributed by atoms with E-state index in [-0.39, 0.29) is 17.7 Å². The summed E-state index contributed by atoms with van der Waals surface area (Å²) in [5.41, 5.74) is 3.07. The summed E-state index contributed by atoms with van der Waals surface area (Å²) in [5.74, 6) is -1.14. The molecular weight excluding hydrogens is 521 g/mol. The second-order valence-corrected chi connectivity index (χ2v) is 11.5. The van der Waals surface area contributed by atoms with E-state index in [9.17, 15) is 18.8 Å². The van der Waals surface area contributed by atoms with Gasteiger partial charge in [0.15, 0.2) is 5.13 Å². The van der Waals surface area contributed by atoms with E-state index in [0.717, 1.165) is 11.1 Å². The van der Waals surface area contributed by atoms with Crippen molar-refractivity contribution in [3.63, 3.8) is 0 Å². The fourth-order valence-corrected chi connectivity index (χ4v) is 5.39. The van der Waals surface area contributed by atoms with Crippen LogP contribution in [0.25, 0.3) is 0 Å². The second-order valence-electron chi connectivity index (χ2n) is 10.6. The van der Waals surface area contributed by atoms with E-state index in [1.807, 2.05) is 50.8 Å². The van der Waals surface area contributed by atoms with Gasteiger partial charge < -0.3 is 19.9 Å². The molecular formula is C28H30FN5O4S. The minimum absolute atomic E-state index is 0.139. The first-order chi connectivity index (χ1) is 18.5. The first-order valence-corrected chi connectivity index (χ1v) is 13.6. The van der Waals surface area contributed by atoms with Crippen LogP contribution in [0.2, 0.25) is 0 Å². The molecule has 39 heavy (non-hydrogen) atoms. The molecule has 2 aliphatic heterocycles. The predicted octanol–water partition coefficient (Wildman–Crippen LogP) is 5.06. The van der Waals surface area contributed by atoms with Gasteiger partial charge >= 0.3 is 6.09 Å². The van der Waals surface area contributed by atoms with Gasteiger partial charge in [-0.05, 0) is 57.5 Å². The number of ether oxygens (including phenoxy) is 1. The Morgan fingerprint density at radius 3 is 2.54 bits per heavy atom. The number of carbonyl (C=O) groups excluding carboxylic acids is 3. The van der Waals surface area contributed by atoms with Gasteiger partial charge in [0, 0.05) is 37.1 Å². The zero-order chi connectivity index (χ0) is 27.9. The zero-order valence-electron chi connectivity index (χ0n) is 22.3. The summed E-state index contributed by atoms with van der Waals surface area (Å²) in [5, 5.41) is 4.80. The molecule has 0 saturated carbocycles. The average molecular weight is 552 g/mol. The van der Waals surface area contributed by atoms with Crippen molar-refractivity contribution in [2.24, 2.45) is 0 Å². The fraction of sp³-hybridized carbons (Fsp3) is 0.357. The van der Waals surface area contributed by atoms with Crippen LogP contribution in [0, 0.1) is 12.7 Å². The van der Waals surface area contributed by atoms with Gasteiger partial charge in [-0.15, -0.1) is 11.3 Å². The van der Waals surface area contributed by atoms with Crippen LogP contribution in [-0.2, 0) is 11.3 Å². The first-order valence-electron chi connectivity index (χ1n) is 12.7. The van der Waals surface area contributed by atoms with Gasteiger partial charge in [-0.25, -0.2) is 14.2 Å². The summed E-state index contributed by atoms with van der Waals surface area (Å²) < 4.78 is 19.7. The van der Waals surface area contributed by atoms with Gasteiger partial charge in [-0.3, -0.25) is 14.5 Å². The van der Waals surface area contributed by atoms with Crippen molar-refractivity contribution >= 4 is 45.8 Å². The molecule has 3 heterocycles. The molecule has 1 aromatic heterocycles. The second kappa shape index (κ2) is 10.3. The average Bonchev–Trinajstić information content (AvgIpc) is 3.48. The summed E-state index contributed by atoms with van der Waals surface area (Å²) in [6, 6.07) is 9.97. The summed E-state index contributed by atoms with van der Waals surface area (Å²) in [4.78, 5) is 48.1. The van der Waals surface area contributed by atoms with Crippen LogP contribution >= 0.6 is 11.3 Å². The molecule has 0 spiro atoms. The number of piperazine rings is 1. The molecule has 1 N–H and O–H groups in total. The molecule has 0 aliphatic carbocycles. The Labute approximate surface area is 230 Å². The summed E-state index contributed by atoms with van der Waals surface area (Å²) in [6.45, 7) is 9.64. The molecule has 204 valence electrons. The monoisotopic (exact) mass is 551 g/mol. The number of hydrogen-bond donors (Lipinski definition) is 1. The van der Waals surface area contributed by atoms with Crippen LogP contribution in [-0.4, -0.2) is 59.6 Å². The lowest BCUT2D eigenvalue weighted by molar-refractivity contribution is 0.0240. The van der Waals surface area contributed by atoms with Crippen molar-refractivity contribution in [1.82, 2.24) is 9.88 Å². The van der Waals surface area contributed by atoms with E-state index in [0.29, 0.717) is 54.8 Å². The Hall–Kier alpha value is -3.99. The molecule has 2 aromatic carbocycles. The number of nitrogens with zero attached hydrogens (tertiary/aromatic N) is 4. The molecule has 11 heteroatoms. The van der Waals surface area contributed by atoms with Gasteiger partial charge in [0.2, 0.25) is 0 Å². The molecule has 0 bridgehead atoms. The third kappa shape index (κ3) is 5.73. The number of aromatic nitrogens is 1. The van der Waals surface area contributed by atoms with Crippen LogP contribution in [0.15, 0.2) is 41.8 Å². The SMILES string of the molecule is Cc1ccc2c(c1)C(=O)N(c1nc(C(=O)Nc3cc(F)ccc3N3CCN(C(=O)OC(C)(C)C)CC3)cs1)C2. The van der Waals surface area contributed by atoms with Crippen molar-refractivity contribution in [2.45, 2.75) is 39.8 Å². The standard InChI is InChI=1S/C28H30FN5O4S/c1-17-5-6-18-15-34(25(36)20(18)13-17)26-31-22(16-39-26)24(35)30-21-14-19(29)7-8-23(21)32-9-11-33(12-10-32)27(37)38-28(2,3)4/h5-8,13-14,16H,9-12,15H2,1-4H3,(H,30,35). The van der Waals surface area contributed by atoms with Gasteiger partial charge in [0.05, 0.1) is 17.9 Å². The maximum atomic E-state index is 14.2. The van der Waals surface area contributed by atoms with E-state index in [2.05, 4.69) is 10.3 Å². The number of amides is 3. The Kier molecular flexibility index (Phi) is 7.02. The van der Waals surface area contributed by atoms with Crippen LogP contribution in [0.5, 0.6) is 0 Å². The molecule has 0 radical (unpaired) electrons. The van der Waals surface area contributed by atoms with Crippen LogP contribution in [0.1, 0.15) is 52.7 Å². The number of hydrogen-bond acceptors (Lipinski definition) is 7. The van der Waals surface area contributed by atoms with Crippen molar-refractivity contribution < 1.29 is 23.5 Å². The number of fused-ring (bicyclic) bond motifs is 1. The molecule has 1 fully saturated rings. The van der Waals surface area contributed by atoms with Gasteiger partial charge in [0.1, 0.15) is 17.1 Å². The van der Waals surface area contributed by atoms with E-state index >= 15 is 0 Å². The Bertz CT molecular complexity index is 1440. The Morgan fingerprint density at radius 2 is 1.82 bits per heavy atom. The number of rotatable bonds is 4. The number of benzene rings is 2. The van der Waals surface area contributed by atoms with Crippen molar-refractivity contribution in [1.29, 1.82) is 0 Å². The van der Waals surface area contributed by atoms with Gasteiger partial charge in [0.25, 0.3) is 11.8 Å². The quantitative estimate of drug-likeness (QED) is 0.487. The predicted molar refractivity (Wildman–Crippen MR) is 148 cm³/mol. The number of nitrogens with one attached hydrogen (secondary N) is 1. The minimum Gasteiger partial charge on any atom is -0.444 e. The lowest BCUT2D eigenvalue weighted by Gasteiger charge is -2.37. The third-order valence-electron chi connectivity index (χ3n) is 6.50. The maximum Gasteiger partial charge on any atom is 0.410 e. The molecule has 0 atom stereocenters. The molecule has 5 rings (SSSR count). The lowest BCUT2D eigenvalue weighted by Crippen LogP contribution is -2.50. The number of anilines is 3. The highest BCUT2D eigenvalue weighted by molar-refractivity contribution is 7.14. The maximum absolute atomic E-state index is 14.2.